The number of hydrogen-bond donors (Lipinski definition) is 1. The highest BCUT2D eigenvalue weighted by Crippen LogP contribution is 2.25. The molecule has 1 aromatic heterocycles. The smallest absolute Gasteiger partial charge is 0.183 e. The number of nitrogens with one attached hydrogen (secondary N) is 1. The van der Waals surface area contributed by atoms with E-state index in [4.69, 9.17) is 0 Å². The lowest BCUT2D eigenvalue weighted by molar-refractivity contribution is 0.0980. The minimum atomic E-state index is -0.419. The van der Waals surface area contributed by atoms with Crippen LogP contribution in [-0.4, -0.2) is 29.2 Å². The van der Waals surface area contributed by atoms with Gasteiger partial charge in [0.25, 0.3) is 0 Å². The highest BCUT2D eigenvalue weighted by atomic mass is 19.1. The summed E-state index contributed by atoms with van der Waals surface area (Å²) in [5.41, 5.74) is 5.02. The number of ketones is 2. The number of halogens is 1. The lowest BCUT2D eigenvalue weighted by Crippen LogP contribution is -2.32. The van der Waals surface area contributed by atoms with E-state index in [0.717, 1.165) is 35.9 Å². The lowest BCUT2D eigenvalue weighted by atomic mass is 9.98. The van der Waals surface area contributed by atoms with Crippen LogP contribution in [0.1, 0.15) is 51.7 Å². The van der Waals surface area contributed by atoms with Gasteiger partial charge in [0.05, 0.1) is 11.4 Å². The first kappa shape index (κ1) is 26.4. The Morgan fingerprint density at radius 1 is 0.872 bits per heavy atom. The predicted molar refractivity (Wildman–Crippen MR) is 155 cm³/mol. The molecule has 1 saturated heterocycles. The highest BCUT2D eigenvalue weighted by molar-refractivity contribution is 5.98. The molecule has 1 aliphatic heterocycles. The third-order valence-electron chi connectivity index (χ3n) is 7.56. The fraction of sp³-hybridized carbons (Fsp3) is 0.273. The van der Waals surface area contributed by atoms with Gasteiger partial charge in [-0.15, -0.1) is 0 Å². The van der Waals surface area contributed by atoms with Crippen molar-refractivity contribution in [2.24, 2.45) is 13.0 Å². The summed E-state index contributed by atoms with van der Waals surface area (Å²) in [7, 11) is 1.85. The van der Waals surface area contributed by atoms with Gasteiger partial charge in [0, 0.05) is 56.1 Å². The maximum atomic E-state index is 14.9. The van der Waals surface area contributed by atoms with E-state index in [1.54, 1.807) is 12.1 Å². The number of hydrogen-bond acceptors (Lipinski definition) is 4. The second kappa shape index (κ2) is 11.7. The highest BCUT2D eigenvalue weighted by Gasteiger charge is 2.17. The van der Waals surface area contributed by atoms with Gasteiger partial charge in [0.15, 0.2) is 11.6 Å². The van der Waals surface area contributed by atoms with Crippen molar-refractivity contribution in [2.45, 2.75) is 32.6 Å². The van der Waals surface area contributed by atoms with Crippen LogP contribution in [0.4, 0.5) is 21.5 Å². The van der Waals surface area contributed by atoms with E-state index < -0.39 is 5.82 Å². The van der Waals surface area contributed by atoms with Crippen molar-refractivity contribution >= 4 is 28.6 Å². The average Bonchev–Trinajstić information content (AvgIpc) is 3.38. The Balaban J connectivity index is 1.17. The summed E-state index contributed by atoms with van der Waals surface area (Å²) in [6.45, 7) is 4.39. The second-order valence-corrected chi connectivity index (χ2v) is 10.6. The summed E-state index contributed by atoms with van der Waals surface area (Å²) in [4.78, 5) is 27.7. The molecule has 0 amide bonds. The number of Topliss-reactive ketones (excluding diaryl/α,β-unsaturated/α-hetero) is 2. The number of aromatic nitrogens is 1. The standard InChI is InChI=1S/C33H34FN3O2/c1-23-15-18-37(19-16-23)28-12-8-26(9-13-28)32(38)22-25-7-14-30(29(34)20-25)35-27-10-5-24(6-11-27)21-33(39)31-4-3-17-36(31)2/h3-14,17,20,23,35H,15-16,18-19,21-22H2,1-2H3. The first-order valence-electron chi connectivity index (χ1n) is 13.5. The van der Waals surface area contributed by atoms with Crippen LogP contribution in [0.2, 0.25) is 0 Å². The van der Waals surface area contributed by atoms with Crippen molar-refractivity contribution in [3.63, 3.8) is 0 Å². The zero-order chi connectivity index (χ0) is 27.4. The Labute approximate surface area is 229 Å². The fourth-order valence-corrected chi connectivity index (χ4v) is 5.07. The normalized spacial score (nSPS) is 13.9. The Bertz CT molecular complexity index is 1450. The van der Waals surface area contributed by atoms with Crippen molar-refractivity contribution in [3.05, 3.63) is 113 Å². The van der Waals surface area contributed by atoms with E-state index in [0.29, 0.717) is 28.9 Å². The molecule has 4 aromatic rings. The molecule has 5 rings (SSSR count). The first-order valence-corrected chi connectivity index (χ1v) is 13.5. The molecule has 1 fully saturated rings. The molecule has 0 saturated carbocycles. The molecule has 0 aliphatic carbocycles. The third-order valence-corrected chi connectivity index (χ3v) is 7.56. The molecular weight excluding hydrogens is 489 g/mol. The zero-order valence-corrected chi connectivity index (χ0v) is 22.5. The van der Waals surface area contributed by atoms with Crippen molar-refractivity contribution in [1.82, 2.24) is 4.57 Å². The molecule has 0 spiro atoms. The van der Waals surface area contributed by atoms with Gasteiger partial charge in [-0.3, -0.25) is 9.59 Å². The topological polar surface area (TPSA) is 54.3 Å². The van der Waals surface area contributed by atoms with E-state index in [9.17, 15) is 14.0 Å². The molecule has 6 heteroatoms. The van der Waals surface area contributed by atoms with Gasteiger partial charge in [0.1, 0.15) is 5.82 Å². The summed E-state index contributed by atoms with van der Waals surface area (Å²) in [6.07, 6.45) is 4.68. The number of nitrogens with zero attached hydrogens (tertiary/aromatic N) is 2. The fourth-order valence-electron chi connectivity index (χ4n) is 5.07. The van der Waals surface area contributed by atoms with Gasteiger partial charge in [-0.25, -0.2) is 4.39 Å². The summed E-state index contributed by atoms with van der Waals surface area (Å²) < 4.78 is 16.7. The second-order valence-electron chi connectivity index (χ2n) is 10.6. The summed E-state index contributed by atoms with van der Waals surface area (Å²) in [5.74, 6) is 0.367. The zero-order valence-electron chi connectivity index (χ0n) is 22.5. The molecule has 1 aliphatic rings. The van der Waals surface area contributed by atoms with Gasteiger partial charge in [-0.05, 0) is 90.6 Å². The average molecular weight is 524 g/mol. The number of aryl methyl sites for hydroxylation is 1. The number of benzene rings is 3. The van der Waals surface area contributed by atoms with Gasteiger partial charge in [-0.1, -0.05) is 25.1 Å². The van der Waals surface area contributed by atoms with Crippen molar-refractivity contribution in [1.29, 1.82) is 0 Å². The van der Waals surface area contributed by atoms with Crippen LogP contribution < -0.4 is 10.2 Å². The predicted octanol–water partition coefficient (Wildman–Crippen LogP) is 6.99. The molecule has 2 heterocycles. The van der Waals surface area contributed by atoms with Crippen molar-refractivity contribution < 1.29 is 14.0 Å². The van der Waals surface area contributed by atoms with Crippen LogP contribution in [-0.2, 0) is 19.9 Å². The monoisotopic (exact) mass is 523 g/mol. The van der Waals surface area contributed by atoms with Crippen LogP contribution in [0.3, 0.4) is 0 Å². The molecule has 1 N–H and O–H groups in total. The number of rotatable bonds is 9. The Morgan fingerprint density at radius 3 is 2.18 bits per heavy atom. The van der Waals surface area contributed by atoms with E-state index in [-0.39, 0.29) is 18.0 Å². The maximum absolute atomic E-state index is 14.9. The van der Waals surface area contributed by atoms with Gasteiger partial charge in [-0.2, -0.15) is 0 Å². The maximum Gasteiger partial charge on any atom is 0.183 e. The van der Waals surface area contributed by atoms with Crippen molar-refractivity contribution in [3.8, 4) is 0 Å². The Kier molecular flexibility index (Phi) is 7.92. The van der Waals surface area contributed by atoms with Gasteiger partial charge >= 0.3 is 0 Å². The quantitative estimate of drug-likeness (QED) is 0.240. The summed E-state index contributed by atoms with van der Waals surface area (Å²) in [5, 5.41) is 3.09. The SMILES string of the molecule is CC1CCN(c2ccc(C(=O)Cc3ccc(Nc4ccc(CC(=O)c5cccn5C)cc4)c(F)c3)cc2)CC1. The Morgan fingerprint density at radius 2 is 1.54 bits per heavy atom. The minimum Gasteiger partial charge on any atom is -0.372 e. The van der Waals surface area contributed by atoms with E-state index in [1.165, 1.54) is 18.9 Å². The largest absolute Gasteiger partial charge is 0.372 e. The number of carbonyl (C=O) groups is 2. The molecule has 0 bridgehead atoms. The van der Waals surface area contributed by atoms with Crippen LogP contribution in [0, 0.1) is 11.7 Å². The van der Waals surface area contributed by atoms with Gasteiger partial charge in [0.2, 0.25) is 0 Å². The third kappa shape index (κ3) is 6.45. The van der Waals surface area contributed by atoms with E-state index in [1.807, 2.05) is 78.5 Å². The first-order chi connectivity index (χ1) is 18.9. The van der Waals surface area contributed by atoms with Crippen LogP contribution in [0.25, 0.3) is 0 Å². The molecule has 3 aromatic carbocycles. The minimum absolute atomic E-state index is 0.0330. The van der Waals surface area contributed by atoms with E-state index in [2.05, 4.69) is 17.1 Å². The lowest BCUT2D eigenvalue weighted by Gasteiger charge is -2.32. The Hall–Kier alpha value is -4.19. The number of anilines is 3. The number of piperidine rings is 1. The molecule has 39 heavy (non-hydrogen) atoms. The molecule has 200 valence electrons. The van der Waals surface area contributed by atoms with Crippen LogP contribution in [0.5, 0.6) is 0 Å². The number of carbonyl (C=O) groups excluding carboxylic acids is 2. The van der Waals surface area contributed by atoms with Crippen LogP contribution in [0.15, 0.2) is 85.1 Å². The van der Waals surface area contributed by atoms with Crippen LogP contribution >= 0.6 is 0 Å². The molecule has 0 unspecified atom stereocenters. The van der Waals surface area contributed by atoms with Crippen molar-refractivity contribution in [2.75, 3.05) is 23.3 Å². The molecule has 0 radical (unpaired) electrons. The summed E-state index contributed by atoms with van der Waals surface area (Å²) in [6, 6.07) is 23.7. The summed E-state index contributed by atoms with van der Waals surface area (Å²) >= 11 is 0. The molecular formula is C33H34FN3O2. The van der Waals surface area contributed by atoms with Gasteiger partial charge < -0.3 is 14.8 Å². The van der Waals surface area contributed by atoms with E-state index >= 15 is 0 Å². The molecule has 5 nitrogen and oxygen atoms in total. The molecule has 0 atom stereocenters.